The van der Waals surface area contributed by atoms with E-state index in [9.17, 15) is 18.0 Å². The molecule has 4 rings (SSSR count). The molecule has 0 bridgehead atoms. The fourth-order valence-electron chi connectivity index (χ4n) is 4.64. The fourth-order valence-corrected chi connectivity index (χ4v) is 6.07. The van der Waals surface area contributed by atoms with Gasteiger partial charge in [-0.05, 0) is 55.4 Å². The highest BCUT2D eigenvalue weighted by Crippen LogP contribution is 2.33. The Morgan fingerprint density at radius 3 is 2.61 bits per heavy atom. The Bertz CT molecular complexity index is 1100. The number of hydrogen-bond acceptors (Lipinski definition) is 6. The number of benzene rings is 1. The van der Waals surface area contributed by atoms with Crippen LogP contribution in [-0.2, 0) is 30.8 Å². The molecular formula is C24H29N3O5S. The van der Waals surface area contributed by atoms with Crippen LogP contribution in [0.1, 0.15) is 42.9 Å². The molecule has 1 aromatic heterocycles. The van der Waals surface area contributed by atoms with E-state index in [1.807, 2.05) is 12.1 Å². The smallest absolute Gasteiger partial charge is 0.309 e. The lowest BCUT2D eigenvalue weighted by molar-refractivity contribution is -0.156. The molecule has 33 heavy (non-hydrogen) atoms. The summed E-state index contributed by atoms with van der Waals surface area (Å²) in [4.78, 5) is 31.0. The molecular weight excluding hydrogens is 442 g/mol. The summed E-state index contributed by atoms with van der Waals surface area (Å²) in [6.07, 6.45) is 6.47. The van der Waals surface area contributed by atoms with Crippen LogP contribution in [0.15, 0.2) is 53.7 Å². The molecule has 0 saturated carbocycles. The molecule has 1 aromatic carbocycles. The van der Waals surface area contributed by atoms with Crippen LogP contribution in [0.25, 0.3) is 0 Å². The second kappa shape index (κ2) is 10.0. The highest BCUT2D eigenvalue weighted by molar-refractivity contribution is 7.89. The molecule has 0 radical (unpaired) electrons. The lowest BCUT2D eigenvalue weighted by Crippen LogP contribution is -2.41. The Hall–Kier alpha value is -2.78. The van der Waals surface area contributed by atoms with Gasteiger partial charge in [-0.1, -0.05) is 24.3 Å². The number of esters is 1. The van der Waals surface area contributed by atoms with E-state index in [2.05, 4.69) is 17.1 Å². The lowest BCUT2D eigenvalue weighted by Gasteiger charge is -2.33. The minimum absolute atomic E-state index is 0.0120. The Balaban J connectivity index is 1.28. The average molecular weight is 472 g/mol. The van der Waals surface area contributed by atoms with Crippen LogP contribution in [-0.4, -0.2) is 61.2 Å². The average Bonchev–Trinajstić information content (AvgIpc) is 2.86. The molecule has 1 atom stereocenters. The number of nitrogens with zero attached hydrogens (tertiary/aromatic N) is 3. The van der Waals surface area contributed by atoms with Crippen molar-refractivity contribution in [2.45, 2.75) is 43.0 Å². The number of amides is 1. The summed E-state index contributed by atoms with van der Waals surface area (Å²) < 4.78 is 32.1. The number of hydrogen-bond donors (Lipinski definition) is 0. The van der Waals surface area contributed by atoms with Crippen molar-refractivity contribution in [2.75, 3.05) is 26.7 Å². The third-order valence-corrected chi connectivity index (χ3v) is 8.48. The molecule has 1 unspecified atom stereocenters. The third-order valence-electron chi connectivity index (χ3n) is 6.60. The summed E-state index contributed by atoms with van der Waals surface area (Å²) in [5, 5.41) is 0. The maximum atomic E-state index is 12.7. The van der Waals surface area contributed by atoms with E-state index in [0.29, 0.717) is 12.8 Å². The summed E-state index contributed by atoms with van der Waals surface area (Å²) in [6.45, 7) is 0.148. The van der Waals surface area contributed by atoms with Gasteiger partial charge in [-0.25, -0.2) is 8.42 Å². The molecule has 1 fully saturated rings. The number of carbonyl (C=O) groups excluding carboxylic acids is 2. The topological polar surface area (TPSA) is 96.9 Å². The van der Waals surface area contributed by atoms with E-state index in [1.165, 1.54) is 28.3 Å². The van der Waals surface area contributed by atoms with E-state index in [0.717, 1.165) is 24.8 Å². The van der Waals surface area contributed by atoms with Crippen molar-refractivity contribution in [1.29, 1.82) is 0 Å². The molecule has 9 heteroatoms. The number of aryl methyl sites for hydroxylation is 1. The van der Waals surface area contributed by atoms with Crippen molar-refractivity contribution in [1.82, 2.24) is 14.2 Å². The first-order valence-electron chi connectivity index (χ1n) is 11.3. The van der Waals surface area contributed by atoms with Crippen LogP contribution >= 0.6 is 0 Å². The Morgan fingerprint density at radius 1 is 1.12 bits per heavy atom. The van der Waals surface area contributed by atoms with Gasteiger partial charge in [0.15, 0.2) is 6.61 Å². The van der Waals surface area contributed by atoms with Crippen LogP contribution in [0.2, 0.25) is 0 Å². The standard InChI is InChI=1S/C24H29N3O5S/c1-26(22-10-4-7-18-6-2-3-9-21(18)22)23(28)17-32-24(29)19-11-14-27(15-12-19)33(30,31)20-8-5-13-25-16-20/h2-3,5-6,8-9,13,16,19,22H,4,7,10-12,14-15,17H2,1H3. The van der Waals surface area contributed by atoms with Gasteiger partial charge in [-0.3, -0.25) is 14.6 Å². The molecule has 8 nitrogen and oxygen atoms in total. The highest BCUT2D eigenvalue weighted by Gasteiger charge is 2.33. The van der Waals surface area contributed by atoms with Gasteiger partial charge >= 0.3 is 5.97 Å². The summed E-state index contributed by atoms with van der Waals surface area (Å²) in [7, 11) is -1.87. The molecule has 1 amide bonds. The molecule has 1 saturated heterocycles. The fraction of sp³-hybridized carbons (Fsp3) is 0.458. The summed E-state index contributed by atoms with van der Waals surface area (Å²) in [5.74, 6) is -1.10. The van der Waals surface area contributed by atoms with Gasteiger partial charge in [-0.2, -0.15) is 4.31 Å². The number of aromatic nitrogens is 1. The van der Waals surface area contributed by atoms with E-state index >= 15 is 0 Å². The zero-order chi connectivity index (χ0) is 23.4. The normalized spacial score (nSPS) is 19.5. The molecule has 176 valence electrons. The van der Waals surface area contributed by atoms with Crippen molar-refractivity contribution in [3.63, 3.8) is 0 Å². The third kappa shape index (κ3) is 5.09. The monoisotopic (exact) mass is 471 g/mol. The maximum Gasteiger partial charge on any atom is 0.309 e. The van der Waals surface area contributed by atoms with Crippen molar-refractivity contribution in [3.05, 3.63) is 59.9 Å². The highest BCUT2D eigenvalue weighted by atomic mass is 32.2. The summed E-state index contributed by atoms with van der Waals surface area (Å²) in [5.41, 5.74) is 2.42. The number of carbonyl (C=O) groups is 2. The van der Waals surface area contributed by atoms with Crippen molar-refractivity contribution in [3.8, 4) is 0 Å². The van der Waals surface area contributed by atoms with Crippen LogP contribution in [0.3, 0.4) is 0 Å². The Morgan fingerprint density at radius 2 is 1.88 bits per heavy atom. The number of likely N-dealkylation sites (N-methyl/N-ethyl adjacent to an activating group) is 1. The Kier molecular flexibility index (Phi) is 7.09. The van der Waals surface area contributed by atoms with Crippen LogP contribution in [0.5, 0.6) is 0 Å². The maximum absolute atomic E-state index is 12.7. The zero-order valence-corrected chi connectivity index (χ0v) is 19.5. The van der Waals surface area contributed by atoms with Gasteiger partial charge in [0, 0.05) is 32.5 Å². The van der Waals surface area contributed by atoms with Gasteiger partial charge in [0.05, 0.1) is 12.0 Å². The first kappa shape index (κ1) is 23.4. The van der Waals surface area contributed by atoms with Crippen LogP contribution in [0.4, 0.5) is 0 Å². The lowest BCUT2D eigenvalue weighted by atomic mass is 9.87. The van der Waals surface area contributed by atoms with Gasteiger partial charge < -0.3 is 9.64 Å². The molecule has 2 heterocycles. The second-order valence-electron chi connectivity index (χ2n) is 8.59. The van der Waals surface area contributed by atoms with Crippen LogP contribution in [0, 0.1) is 5.92 Å². The second-order valence-corrected chi connectivity index (χ2v) is 10.5. The number of fused-ring (bicyclic) bond motifs is 1. The van der Waals surface area contributed by atoms with Crippen molar-refractivity contribution in [2.24, 2.45) is 5.92 Å². The first-order valence-corrected chi connectivity index (χ1v) is 12.7. The minimum atomic E-state index is -3.63. The molecule has 0 N–H and O–H groups in total. The van der Waals surface area contributed by atoms with Gasteiger partial charge in [0.1, 0.15) is 4.90 Å². The number of piperidine rings is 1. The molecule has 1 aliphatic heterocycles. The largest absolute Gasteiger partial charge is 0.455 e. The number of rotatable bonds is 6. The molecule has 2 aliphatic rings. The SMILES string of the molecule is CN(C(=O)COC(=O)C1CCN(S(=O)(=O)c2cccnc2)CC1)C1CCCc2ccccc21. The molecule has 1 aliphatic carbocycles. The van der Waals surface area contributed by atoms with E-state index in [1.54, 1.807) is 18.0 Å². The van der Waals surface area contributed by atoms with Crippen molar-refractivity contribution < 1.29 is 22.7 Å². The van der Waals surface area contributed by atoms with Crippen LogP contribution < -0.4 is 0 Å². The predicted octanol–water partition coefficient (Wildman–Crippen LogP) is 2.56. The van der Waals surface area contributed by atoms with Gasteiger partial charge in [-0.15, -0.1) is 0 Å². The summed E-state index contributed by atoms with van der Waals surface area (Å²) in [6, 6.07) is 11.2. The quantitative estimate of drug-likeness (QED) is 0.601. The zero-order valence-electron chi connectivity index (χ0n) is 18.7. The van der Waals surface area contributed by atoms with Gasteiger partial charge in [0.25, 0.3) is 5.91 Å². The van der Waals surface area contributed by atoms with Gasteiger partial charge in [0.2, 0.25) is 10.0 Å². The Labute approximate surface area is 194 Å². The first-order chi connectivity index (χ1) is 15.9. The molecule has 2 aromatic rings. The van der Waals surface area contributed by atoms with Crippen molar-refractivity contribution >= 4 is 21.9 Å². The summed E-state index contributed by atoms with van der Waals surface area (Å²) >= 11 is 0. The predicted molar refractivity (Wildman–Crippen MR) is 122 cm³/mol. The van der Waals surface area contributed by atoms with E-state index < -0.39 is 21.9 Å². The van der Waals surface area contributed by atoms with E-state index in [-0.39, 0.29) is 36.5 Å². The number of ether oxygens (including phenoxy) is 1. The van der Waals surface area contributed by atoms with E-state index in [4.69, 9.17) is 4.74 Å². The molecule has 0 spiro atoms. The number of sulfonamides is 1. The minimum Gasteiger partial charge on any atom is -0.455 e. The number of pyridine rings is 1.